The Labute approximate surface area is 119 Å². The number of nitrogens with one attached hydrogen (secondary N) is 1. The number of carbonyl (C=O) groups excluding carboxylic acids is 1. The van der Waals surface area contributed by atoms with Gasteiger partial charge in [0.2, 0.25) is 0 Å². The van der Waals surface area contributed by atoms with Crippen LogP contribution >= 0.6 is 0 Å². The lowest BCUT2D eigenvalue weighted by Crippen LogP contribution is -2.36. The van der Waals surface area contributed by atoms with Crippen LogP contribution in [0, 0.1) is 5.82 Å². The number of hydrogen-bond donors (Lipinski definition) is 1. The Morgan fingerprint density at radius 1 is 1.45 bits per heavy atom. The summed E-state index contributed by atoms with van der Waals surface area (Å²) >= 11 is 0. The summed E-state index contributed by atoms with van der Waals surface area (Å²) in [6.45, 7) is 7.10. The fourth-order valence-electron chi connectivity index (χ4n) is 1.57. The molecule has 0 aromatic heterocycles. The molecule has 0 spiro atoms. The van der Waals surface area contributed by atoms with Gasteiger partial charge in [0.15, 0.2) is 18.2 Å². The summed E-state index contributed by atoms with van der Waals surface area (Å²) in [6, 6.07) is 4.87. The van der Waals surface area contributed by atoms with Crippen LogP contribution in [0.5, 0.6) is 5.75 Å². The second-order valence-corrected chi connectivity index (χ2v) is 4.93. The molecule has 0 heterocycles. The summed E-state index contributed by atoms with van der Waals surface area (Å²) in [5, 5.41) is 3.12. The summed E-state index contributed by atoms with van der Waals surface area (Å²) < 4.78 is 19.1. The fourth-order valence-corrected chi connectivity index (χ4v) is 1.57. The number of likely N-dealkylation sites (N-methyl/N-ethyl adjacent to an activating group) is 1. The highest BCUT2D eigenvalue weighted by Gasteiger charge is 2.13. The SMILES string of the molecule is CCNCc1ccc(OCC(=O)N(C)C(C)C)c(F)c1. The minimum Gasteiger partial charge on any atom is -0.481 e. The van der Waals surface area contributed by atoms with Gasteiger partial charge in [0.1, 0.15) is 0 Å². The van der Waals surface area contributed by atoms with Crippen molar-refractivity contribution in [2.75, 3.05) is 20.2 Å². The van der Waals surface area contributed by atoms with Crippen LogP contribution in [-0.4, -0.2) is 37.0 Å². The zero-order chi connectivity index (χ0) is 15.1. The van der Waals surface area contributed by atoms with Crippen LogP contribution in [0.3, 0.4) is 0 Å². The van der Waals surface area contributed by atoms with Gasteiger partial charge >= 0.3 is 0 Å². The third kappa shape index (κ3) is 4.81. The molecule has 0 atom stereocenters. The van der Waals surface area contributed by atoms with E-state index in [1.54, 1.807) is 24.1 Å². The number of carbonyl (C=O) groups is 1. The predicted molar refractivity (Wildman–Crippen MR) is 77.2 cm³/mol. The molecule has 0 aliphatic rings. The number of nitrogens with zero attached hydrogens (tertiary/aromatic N) is 1. The van der Waals surface area contributed by atoms with E-state index < -0.39 is 5.82 Å². The van der Waals surface area contributed by atoms with Gasteiger partial charge in [-0.25, -0.2) is 4.39 Å². The molecule has 20 heavy (non-hydrogen) atoms. The fraction of sp³-hybridized carbons (Fsp3) is 0.533. The summed E-state index contributed by atoms with van der Waals surface area (Å²) in [4.78, 5) is 13.3. The topological polar surface area (TPSA) is 41.6 Å². The van der Waals surface area contributed by atoms with Crippen LogP contribution in [0.15, 0.2) is 18.2 Å². The van der Waals surface area contributed by atoms with Crippen molar-refractivity contribution in [2.45, 2.75) is 33.4 Å². The van der Waals surface area contributed by atoms with Crippen molar-refractivity contribution in [1.29, 1.82) is 0 Å². The number of rotatable bonds is 7. The lowest BCUT2D eigenvalue weighted by Gasteiger charge is -2.21. The van der Waals surface area contributed by atoms with E-state index >= 15 is 0 Å². The van der Waals surface area contributed by atoms with Crippen LogP contribution in [0.2, 0.25) is 0 Å². The average molecular weight is 282 g/mol. The number of hydrogen-bond acceptors (Lipinski definition) is 3. The summed E-state index contributed by atoms with van der Waals surface area (Å²) in [5.74, 6) is -0.507. The van der Waals surface area contributed by atoms with Gasteiger partial charge in [-0.1, -0.05) is 13.0 Å². The maximum atomic E-state index is 13.8. The van der Waals surface area contributed by atoms with Crippen molar-refractivity contribution in [3.63, 3.8) is 0 Å². The molecule has 1 aromatic carbocycles. The van der Waals surface area contributed by atoms with Gasteiger partial charge in [0, 0.05) is 19.6 Å². The van der Waals surface area contributed by atoms with Crippen molar-refractivity contribution >= 4 is 5.91 Å². The molecule has 0 saturated carbocycles. The molecule has 0 fully saturated rings. The van der Waals surface area contributed by atoms with E-state index in [1.807, 2.05) is 20.8 Å². The van der Waals surface area contributed by atoms with Gasteiger partial charge < -0.3 is 15.0 Å². The molecule has 1 rings (SSSR count). The van der Waals surface area contributed by atoms with E-state index in [4.69, 9.17) is 4.74 Å². The van der Waals surface area contributed by atoms with Crippen molar-refractivity contribution < 1.29 is 13.9 Å². The maximum Gasteiger partial charge on any atom is 0.260 e. The summed E-state index contributed by atoms with van der Waals surface area (Å²) in [7, 11) is 1.70. The smallest absolute Gasteiger partial charge is 0.260 e. The molecule has 0 radical (unpaired) electrons. The molecule has 0 aliphatic carbocycles. The number of benzene rings is 1. The minimum absolute atomic E-state index is 0.0958. The zero-order valence-corrected chi connectivity index (χ0v) is 12.6. The van der Waals surface area contributed by atoms with Crippen molar-refractivity contribution in [3.8, 4) is 5.75 Å². The Morgan fingerprint density at radius 2 is 2.15 bits per heavy atom. The normalized spacial score (nSPS) is 10.7. The monoisotopic (exact) mass is 282 g/mol. The Balaban J connectivity index is 2.58. The van der Waals surface area contributed by atoms with Crippen LogP contribution in [0.4, 0.5) is 4.39 Å². The summed E-state index contributed by atoms with van der Waals surface area (Å²) in [6.07, 6.45) is 0. The Bertz CT molecular complexity index is 449. The molecular formula is C15H23FN2O2. The minimum atomic E-state index is -0.444. The quantitative estimate of drug-likeness (QED) is 0.833. The van der Waals surface area contributed by atoms with Gasteiger partial charge in [0.05, 0.1) is 0 Å². The highest BCUT2D eigenvalue weighted by Crippen LogP contribution is 2.18. The van der Waals surface area contributed by atoms with Crippen LogP contribution in [0.1, 0.15) is 26.3 Å². The Hall–Kier alpha value is -1.62. The van der Waals surface area contributed by atoms with E-state index in [9.17, 15) is 9.18 Å². The van der Waals surface area contributed by atoms with Gasteiger partial charge in [-0.2, -0.15) is 0 Å². The van der Waals surface area contributed by atoms with Crippen molar-refractivity contribution in [1.82, 2.24) is 10.2 Å². The first-order chi connectivity index (χ1) is 9.45. The second kappa shape index (κ2) is 7.85. The van der Waals surface area contributed by atoms with E-state index in [2.05, 4.69) is 5.32 Å². The standard InChI is InChI=1S/C15H23FN2O2/c1-5-17-9-12-6-7-14(13(16)8-12)20-10-15(19)18(4)11(2)3/h6-8,11,17H,5,9-10H2,1-4H3. The lowest BCUT2D eigenvalue weighted by molar-refractivity contribution is -0.133. The predicted octanol–water partition coefficient (Wildman–Crippen LogP) is 2.18. The Kier molecular flexibility index (Phi) is 6.45. The molecule has 112 valence electrons. The second-order valence-electron chi connectivity index (χ2n) is 4.93. The third-order valence-corrected chi connectivity index (χ3v) is 3.09. The highest BCUT2D eigenvalue weighted by molar-refractivity contribution is 5.77. The molecule has 0 saturated heterocycles. The van der Waals surface area contributed by atoms with Crippen molar-refractivity contribution in [3.05, 3.63) is 29.6 Å². The molecule has 0 aliphatic heterocycles. The maximum absolute atomic E-state index is 13.8. The van der Waals surface area contributed by atoms with Crippen LogP contribution in [0.25, 0.3) is 0 Å². The molecular weight excluding hydrogens is 259 g/mol. The zero-order valence-electron chi connectivity index (χ0n) is 12.6. The molecule has 1 N–H and O–H groups in total. The third-order valence-electron chi connectivity index (χ3n) is 3.09. The number of ether oxygens (including phenoxy) is 1. The van der Waals surface area contributed by atoms with E-state index in [1.165, 1.54) is 6.07 Å². The molecule has 5 heteroatoms. The van der Waals surface area contributed by atoms with Gasteiger partial charge in [0.25, 0.3) is 5.91 Å². The first-order valence-corrected chi connectivity index (χ1v) is 6.83. The molecule has 1 amide bonds. The lowest BCUT2D eigenvalue weighted by atomic mass is 10.2. The highest BCUT2D eigenvalue weighted by atomic mass is 19.1. The van der Waals surface area contributed by atoms with Crippen LogP contribution < -0.4 is 10.1 Å². The van der Waals surface area contributed by atoms with Crippen LogP contribution in [-0.2, 0) is 11.3 Å². The van der Waals surface area contributed by atoms with E-state index in [0.29, 0.717) is 6.54 Å². The molecule has 0 bridgehead atoms. The largest absolute Gasteiger partial charge is 0.481 e. The van der Waals surface area contributed by atoms with Gasteiger partial charge in [-0.15, -0.1) is 0 Å². The number of amides is 1. The molecule has 0 unspecified atom stereocenters. The first kappa shape index (κ1) is 16.4. The van der Waals surface area contributed by atoms with E-state index in [-0.39, 0.29) is 24.3 Å². The first-order valence-electron chi connectivity index (χ1n) is 6.83. The summed E-state index contributed by atoms with van der Waals surface area (Å²) in [5.41, 5.74) is 0.849. The van der Waals surface area contributed by atoms with Gasteiger partial charge in [-0.05, 0) is 38.1 Å². The molecule has 4 nitrogen and oxygen atoms in total. The van der Waals surface area contributed by atoms with E-state index in [0.717, 1.165) is 12.1 Å². The Morgan fingerprint density at radius 3 is 2.70 bits per heavy atom. The van der Waals surface area contributed by atoms with Gasteiger partial charge in [-0.3, -0.25) is 4.79 Å². The average Bonchev–Trinajstić information content (AvgIpc) is 2.42. The number of halogens is 1. The van der Waals surface area contributed by atoms with Crippen molar-refractivity contribution in [2.24, 2.45) is 0 Å². The molecule has 1 aromatic rings.